The second kappa shape index (κ2) is 10.2. The fraction of sp³-hybridized carbons (Fsp3) is 0.450. The van der Waals surface area contributed by atoms with Gasteiger partial charge in [-0.25, -0.2) is 9.97 Å². The molecule has 0 saturated heterocycles. The Morgan fingerprint density at radius 2 is 2.00 bits per heavy atom. The van der Waals surface area contributed by atoms with E-state index in [1.165, 1.54) is 0 Å². The van der Waals surface area contributed by atoms with Crippen molar-refractivity contribution in [3.05, 3.63) is 47.2 Å². The maximum Gasteiger partial charge on any atom is 0.251 e. The molecule has 0 aliphatic rings. The Hall–Kier alpha value is -2.08. The second-order valence-corrected chi connectivity index (χ2v) is 7.07. The van der Waals surface area contributed by atoms with E-state index in [-0.39, 0.29) is 5.91 Å². The van der Waals surface area contributed by atoms with Gasteiger partial charge in [0.2, 0.25) is 0 Å². The molecule has 0 radical (unpaired) electrons. The monoisotopic (exact) mass is 372 g/mol. The van der Waals surface area contributed by atoms with E-state index in [9.17, 15) is 4.79 Å². The number of thioether (sulfide) groups is 1. The van der Waals surface area contributed by atoms with Gasteiger partial charge in [0.05, 0.1) is 0 Å². The van der Waals surface area contributed by atoms with Crippen LogP contribution in [0.15, 0.2) is 35.5 Å². The first-order chi connectivity index (χ1) is 12.6. The van der Waals surface area contributed by atoms with Crippen molar-refractivity contribution in [3.63, 3.8) is 0 Å². The van der Waals surface area contributed by atoms with Gasteiger partial charge in [0.25, 0.3) is 5.91 Å². The molecule has 0 spiro atoms. The van der Waals surface area contributed by atoms with Crippen molar-refractivity contribution in [1.29, 1.82) is 0 Å². The summed E-state index contributed by atoms with van der Waals surface area (Å²) in [4.78, 5) is 23.5. The van der Waals surface area contributed by atoms with Crippen LogP contribution in [0.5, 0.6) is 0 Å². The van der Waals surface area contributed by atoms with Gasteiger partial charge in [-0.05, 0) is 37.5 Å². The van der Waals surface area contributed by atoms with Crippen molar-refractivity contribution in [2.75, 3.05) is 25.0 Å². The van der Waals surface area contributed by atoms with Crippen LogP contribution in [-0.2, 0) is 12.2 Å². The fourth-order valence-corrected chi connectivity index (χ4v) is 3.38. The van der Waals surface area contributed by atoms with Crippen LogP contribution in [0.3, 0.4) is 0 Å². The molecule has 0 atom stereocenters. The van der Waals surface area contributed by atoms with E-state index >= 15 is 0 Å². The molecule has 140 valence electrons. The molecule has 1 aromatic carbocycles. The minimum atomic E-state index is -0.0351. The predicted octanol–water partition coefficient (Wildman–Crippen LogP) is 3.93. The Bertz CT molecular complexity index is 736. The standard InChI is InChI=1S/C20H28N4OS/c1-5-11-24(4)18-13-17(6-2)22-20(23-18)26-14-15-9-8-10-16(12-15)19(25)21-7-3/h8-10,12-13H,5-7,11,14H2,1-4H3,(H,21,25). The van der Waals surface area contributed by atoms with E-state index in [4.69, 9.17) is 4.98 Å². The number of carbonyl (C=O) groups excluding carboxylic acids is 1. The number of carbonyl (C=O) groups is 1. The van der Waals surface area contributed by atoms with Crippen LogP contribution in [0.2, 0.25) is 0 Å². The summed E-state index contributed by atoms with van der Waals surface area (Å²) in [5.74, 6) is 1.67. The molecule has 0 bridgehead atoms. The molecule has 0 fully saturated rings. The maximum atomic E-state index is 12.0. The third-order valence-corrected chi connectivity index (χ3v) is 4.87. The van der Waals surface area contributed by atoms with Gasteiger partial charge in [-0.3, -0.25) is 4.79 Å². The number of nitrogens with zero attached hydrogens (tertiary/aromatic N) is 3. The smallest absolute Gasteiger partial charge is 0.251 e. The average molecular weight is 373 g/mol. The summed E-state index contributed by atoms with van der Waals surface area (Å²) in [6.07, 6.45) is 1.97. The molecular weight excluding hydrogens is 344 g/mol. The molecule has 26 heavy (non-hydrogen) atoms. The van der Waals surface area contributed by atoms with Gasteiger partial charge >= 0.3 is 0 Å². The quantitative estimate of drug-likeness (QED) is 0.534. The maximum absolute atomic E-state index is 12.0. The minimum Gasteiger partial charge on any atom is -0.360 e. The highest BCUT2D eigenvalue weighted by molar-refractivity contribution is 7.98. The Balaban J connectivity index is 2.12. The number of aromatic nitrogens is 2. The lowest BCUT2D eigenvalue weighted by atomic mass is 10.1. The van der Waals surface area contributed by atoms with Crippen LogP contribution in [0.25, 0.3) is 0 Å². The molecule has 2 aromatic rings. The largest absolute Gasteiger partial charge is 0.360 e. The SMILES string of the molecule is CCCN(C)c1cc(CC)nc(SCc2cccc(C(=O)NCC)c2)n1. The summed E-state index contributed by atoms with van der Waals surface area (Å²) in [5, 5.41) is 3.62. The zero-order valence-electron chi connectivity index (χ0n) is 16.1. The molecule has 5 nitrogen and oxygen atoms in total. The molecule has 1 aromatic heterocycles. The molecule has 1 N–H and O–H groups in total. The van der Waals surface area contributed by atoms with E-state index in [0.717, 1.165) is 47.4 Å². The molecule has 1 amide bonds. The summed E-state index contributed by atoms with van der Waals surface area (Å²) < 4.78 is 0. The molecule has 6 heteroatoms. The van der Waals surface area contributed by atoms with E-state index < -0.39 is 0 Å². The highest BCUT2D eigenvalue weighted by atomic mass is 32.2. The van der Waals surface area contributed by atoms with Crippen LogP contribution >= 0.6 is 11.8 Å². The van der Waals surface area contributed by atoms with Gasteiger partial charge in [0.15, 0.2) is 5.16 Å². The van der Waals surface area contributed by atoms with Crippen LogP contribution < -0.4 is 10.2 Å². The zero-order valence-corrected chi connectivity index (χ0v) is 16.9. The number of benzene rings is 1. The fourth-order valence-electron chi connectivity index (χ4n) is 2.56. The van der Waals surface area contributed by atoms with Gasteiger partial charge in [0, 0.05) is 43.2 Å². The topological polar surface area (TPSA) is 58.1 Å². The summed E-state index contributed by atoms with van der Waals surface area (Å²) in [6, 6.07) is 9.79. The average Bonchev–Trinajstić information content (AvgIpc) is 2.66. The normalized spacial score (nSPS) is 10.6. The highest BCUT2D eigenvalue weighted by Crippen LogP contribution is 2.23. The molecule has 0 unspecified atom stereocenters. The first kappa shape index (κ1) is 20.2. The Morgan fingerprint density at radius 1 is 1.19 bits per heavy atom. The molecular formula is C20H28N4OS. The molecule has 1 heterocycles. The van der Waals surface area contributed by atoms with E-state index in [1.807, 2.05) is 31.2 Å². The van der Waals surface area contributed by atoms with Crippen molar-refractivity contribution < 1.29 is 4.79 Å². The van der Waals surface area contributed by atoms with Gasteiger partial charge in [-0.2, -0.15) is 0 Å². The molecule has 0 aliphatic carbocycles. The van der Waals surface area contributed by atoms with Crippen LogP contribution in [-0.4, -0.2) is 36.0 Å². The number of nitrogens with one attached hydrogen (secondary N) is 1. The highest BCUT2D eigenvalue weighted by Gasteiger charge is 2.09. The third kappa shape index (κ3) is 5.73. The van der Waals surface area contributed by atoms with Gasteiger partial charge in [-0.15, -0.1) is 0 Å². The number of rotatable bonds is 9. The Morgan fingerprint density at radius 3 is 2.69 bits per heavy atom. The lowest BCUT2D eigenvalue weighted by molar-refractivity contribution is 0.0955. The van der Waals surface area contributed by atoms with Gasteiger partial charge < -0.3 is 10.2 Å². The number of hydrogen-bond donors (Lipinski definition) is 1. The van der Waals surface area contributed by atoms with Gasteiger partial charge in [0.1, 0.15) is 5.82 Å². The third-order valence-electron chi connectivity index (χ3n) is 3.95. The predicted molar refractivity (Wildman–Crippen MR) is 109 cm³/mol. The Labute approximate surface area is 160 Å². The summed E-state index contributed by atoms with van der Waals surface area (Å²) in [7, 11) is 2.07. The molecule has 2 rings (SSSR count). The molecule has 0 saturated carbocycles. The lowest BCUT2D eigenvalue weighted by Crippen LogP contribution is -2.22. The van der Waals surface area contributed by atoms with Crippen LogP contribution in [0.4, 0.5) is 5.82 Å². The van der Waals surface area contributed by atoms with E-state index in [2.05, 4.69) is 42.2 Å². The zero-order chi connectivity index (χ0) is 18.9. The number of anilines is 1. The van der Waals surface area contributed by atoms with Crippen molar-refractivity contribution in [2.24, 2.45) is 0 Å². The minimum absolute atomic E-state index is 0.0351. The lowest BCUT2D eigenvalue weighted by Gasteiger charge is -2.18. The molecule has 0 aliphatic heterocycles. The van der Waals surface area contributed by atoms with Crippen molar-refractivity contribution in [3.8, 4) is 0 Å². The van der Waals surface area contributed by atoms with E-state index in [0.29, 0.717) is 12.1 Å². The number of hydrogen-bond acceptors (Lipinski definition) is 5. The van der Waals surface area contributed by atoms with Gasteiger partial charge in [-0.1, -0.05) is 37.7 Å². The van der Waals surface area contributed by atoms with Crippen molar-refractivity contribution in [2.45, 2.75) is 44.5 Å². The van der Waals surface area contributed by atoms with E-state index in [1.54, 1.807) is 11.8 Å². The van der Waals surface area contributed by atoms with Crippen LogP contribution in [0.1, 0.15) is 48.8 Å². The summed E-state index contributed by atoms with van der Waals surface area (Å²) in [6.45, 7) is 7.79. The summed E-state index contributed by atoms with van der Waals surface area (Å²) >= 11 is 1.61. The van der Waals surface area contributed by atoms with Crippen molar-refractivity contribution in [1.82, 2.24) is 15.3 Å². The first-order valence-corrected chi connectivity index (χ1v) is 10.1. The summed E-state index contributed by atoms with van der Waals surface area (Å²) in [5.41, 5.74) is 2.83. The van der Waals surface area contributed by atoms with Crippen LogP contribution in [0, 0.1) is 0 Å². The number of aryl methyl sites for hydroxylation is 1. The van der Waals surface area contributed by atoms with Crippen molar-refractivity contribution >= 4 is 23.5 Å². The Kier molecular flexibility index (Phi) is 7.91. The first-order valence-electron chi connectivity index (χ1n) is 9.16. The number of amides is 1. The second-order valence-electron chi connectivity index (χ2n) is 6.12.